The number of rotatable bonds is 2. The van der Waals surface area contributed by atoms with Crippen molar-refractivity contribution in [2.24, 2.45) is 0 Å². The molecule has 96 valence electrons. The van der Waals surface area contributed by atoms with Crippen molar-refractivity contribution in [3.63, 3.8) is 0 Å². The number of nitrogens with two attached hydrogens (primary N) is 1. The first-order valence-electron chi connectivity index (χ1n) is 5.03. The average Bonchev–Trinajstić information content (AvgIpc) is 2.73. The van der Waals surface area contributed by atoms with Crippen LogP contribution in [0, 0.1) is 0 Å². The Labute approximate surface area is 100 Å². The lowest BCUT2D eigenvalue weighted by atomic mass is 10.0. The molecule has 0 bridgehead atoms. The molecule has 1 aromatic carbocycles. The van der Waals surface area contributed by atoms with Crippen LogP contribution in [0.2, 0.25) is 0 Å². The van der Waals surface area contributed by atoms with Gasteiger partial charge in [0.15, 0.2) is 0 Å². The highest BCUT2D eigenvalue weighted by Gasteiger charge is 2.30. The van der Waals surface area contributed by atoms with Gasteiger partial charge in [-0.1, -0.05) is 12.1 Å². The van der Waals surface area contributed by atoms with Crippen LogP contribution in [-0.4, -0.2) is 15.3 Å². The van der Waals surface area contributed by atoms with Crippen LogP contribution in [-0.2, 0) is 6.18 Å². The molecule has 18 heavy (non-hydrogen) atoms. The van der Waals surface area contributed by atoms with Gasteiger partial charge in [-0.15, -0.1) is 0 Å². The van der Waals surface area contributed by atoms with Crippen LogP contribution in [0.5, 0.6) is 0 Å². The zero-order chi connectivity index (χ0) is 13.3. The molecular weight excluding hydrogens is 247 g/mol. The standard InChI is InChI=1S/C11H10F3N3O/c12-11(13,14)7-3-1-6(2-4-7)9(18)8-5-16-17-10(8)15/h1-5,9,18H,(H3,15,16,17). The van der Waals surface area contributed by atoms with Crippen molar-refractivity contribution < 1.29 is 18.3 Å². The van der Waals surface area contributed by atoms with Crippen molar-refractivity contribution in [1.29, 1.82) is 0 Å². The van der Waals surface area contributed by atoms with E-state index in [4.69, 9.17) is 5.73 Å². The maximum atomic E-state index is 12.4. The molecular formula is C11H10F3N3O. The van der Waals surface area contributed by atoms with Crippen LogP contribution in [0.4, 0.5) is 19.0 Å². The number of aliphatic hydroxyl groups excluding tert-OH is 1. The highest BCUT2D eigenvalue weighted by Crippen LogP contribution is 2.31. The molecule has 1 heterocycles. The first-order chi connectivity index (χ1) is 8.39. The number of alkyl halides is 3. The van der Waals surface area contributed by atoms with Gasteiger partial charge in [0.2, 0.25) is 0 Å². The third kappa shape index (κ3) is 2.30. The molecule has 0 amide bonds. The summed E-state index contributed by atoms with van der Waals surface area (Å²) in [6, 6.07) is 4.24. The second-order valence-corrected chi connectivity index (χ2v) is 3.76. The van der Waals surface area contributed by atoms with Gasteiger partial charge in [0.05, 0.1) is 11.8 Å². The first-order valence-corrected chi connectivity index (χ1v) is 5.03. The molecule has 4 nitrogen and oxygen atoms in total. The quantitative estimate of drug-likeness (QED) is 0.771. The monoisotopic (exact) mass is 257 g/mol. The fraction of sp³-hybridized carbons (Fsp3) is 0.182. The van der Waals surface area contributed by atoms with E-state index in [1.165, 1.54) is 18.3 Å². The highest BCUT2D eigenvalue weighted by atomic mass is 19.4. The van der Waals surface area contributed by atoms with Gasteiger partial charge in [-0.25, -0.2) is 0 Å². The van der Waals surface area contributed by atoms with E-state index in [-0.39, 0.29) is 5.82 Å². The lowest BCUT2D eigenvalue weighted by Crippen LogP contribution is -2.06. The predicted octanol–water partition coefficient (Wildman–Crippen LogP) is 2.09. The highest BCUT2D eigenvalue weighted by molar-refractivity contribution is 5.43. The van der Waals surface area contributed by atoms with Crippen LogP contribution in [0.15, 0.2) is 30.5 Å². The number of nitrogen functional groups attached to an aromatic ring is 1. The van der Waals surface area contributed by atoms with Gasteiger partial charge in [0.1, 0.15) is 11.9 Å². The lowest BCUT2D eigenvalue weighted by molar-refractivity contribution is -0.137. The van der Waals surface area contributed by atoms with Gasteiger partial charge in [-0.2, -0.15) is 18.3 Å². The number of nitrogens with one attached hydrogen (secondary N) is 1. The largest absolute Gasteiger partial charge is 0.416 e. The summed E-state index contributed by atoms with van der Waals surface area (Å²) in [6.07, 6.45) is -4.17. The van der Waals surface area contributed by atoms with Gasteiger partial charge in [-0.3, -0.25) is 5.10 Å². The second-order valence-electron chi connectivity index (χ2n) is 3.76. The number of aromatic nitrogens is 2. The van der Waals surface area contributed by atoms with Crippen LogP contribution >= 0.6 is 0 Å². The fourth-order valence-electron chi connectivity index (χ4n) is 1.56. The Bertz CT molecular complexity index is 533. The summed E-state index contributed by atoms with van der Waals surface area (Å²) < 4.78 is 37.1. The van der Waals surface area contributed by atoms with E-state index in [9.17, 15) is 18.3 Å². The molecule has 2 rings (SSSR count). The van der Waals surface area contributed by atoms with Crippen molar-refractivity contribution in [3.05, 3.63) is 47.2 Å². The van der Waals surface area contributed by atoms with Crippen LogP contribution < -0.4 is 5.73 Å². The molecule has 1 unspecified atom stereocenters. The van der Waals surface area contributed by atoms with Crippen LogP contribution in [0.1, 0.15) is 22.8 Å². The molecule has 1 atom stereocenters. The number of anilines is 1. The van der Waals surface area contributed by atoms with E-state index in [1.807, 2.05) is 0 Å². The summed E-state index contributed by atoms with van der Waals surface area (Å²) in [5.41, 5.74) is 5.40. The second kappa shape index (κ2) is 4.34. The fourth-order valence-corrected chi connectivity index (χ4v) is 1.56. The van der Waals surface area contributed by atoms with Crippen molar-refractivity contribution >= 4 is 5.82 Å². The summed E-state index contributed by atoms with van der Waals surface area (Å²) in [6.45, 7) is 0. The molecule has 0 spiro atoms. The minimum Gasteiger partial charge on any atom is -0.384 e. The Morgan fingerprint density at radius 1 is 1.22 bits per heavy atom. The summed E-state index contributed by atoms with van der Waals surface area (Å²) >= 11 is 0. The molecule has 0 aliphatic rings. The van der Waals surface area contributed by atoms with Gasteiger partial charge in [0.25, 0.3) is 0 Å². The van der Waals surface area contributed by atoms with Crippen molar-refractivity contribution in [2.75, 3.05) is 5.73 Å². The minimum absolute atomic E-state index is 0.183. The number of aromatic amines is 1. The van der Waals surface area contributed by atoms with Crippen LogP contribution in [0.3, 0.4) is 0 Å². The van der Waals surface area contributed by atoms with E-state index < -0.39 is 17.8 Å². The summed E-state index contributed by atoms with van der Waals surface area (Å²) in [5, 5.41) is 16.0. The molecule has 0 saturated carbocycles. The lowest BCUT2D eigenvalue weighted by Gasteiger charge is -2.12. The van der Waals surface area contributed by atoms with Crippen LogP contribution in [0.25, 0.3) is 0 Å². The maximum absolute atomic E-state index is 12.4. The minimum atomic E-state index is -4.39. The van der Waals surface area contributed by atoms with Crippen molar-refractivity contribution in [3.8, 4) is 0 Å². The van der Waals surface area contributed by atoms with E-state index in [0.29, 0.717) is 11.1 Å². The number of aliphatic hydroxyl groups is 1. The summed E-state index contributed by atoms with van der Waals surface area (Å²) in [5.74, 6) is 0.183. The zero-order valence-corrected chi connectivity index (χ0v) is 9.07. The number of hydrogen-bond acceptors (Lipinski definition) is 3. The van der Waals surface area contributed by atoms with Gasteiger partial charge < -0.3 is 10.8 Å². The molecule has 0 saturated heterocycles. The Kier molecular flexibility index (Phi) is 3.00. The average molecular weight is 257 g/mol. The van der Waals surface area contributed by atoms with Gasteiger partial charge in [0, 0.05) is 5.56 Å². The molecule has 2 aromatic rings. The number of hydrogen-bond donors (Lipinski definition) is 3. The van der Waals surface area contributed by atoms with Crippen molar-refractivity contribution in [1.82, 2.24) is 10.2 Å². The first kappa shape index (κ1) is 12.4. The number of benzene rings is 1. The van der Waals surface area contributed by atoms with E-state index in [1.54, 1.807) is 0 Å². The number of H-pyrrole nitrogens is 1. The van der Waals surface area contributed by atoms with Crippen molar-refractivity contribution in [2.45, 2.75) is 12.3 Å². The smallest absolute Gasteiger partial charge is 0.384 e. The molecule has 0 aliphatic carbocycles. The normalized spacial score (nSPS) is 13.6. The Morgan fingerprint density at radius 2 is 1.83 bits per heavy atom. The predicted molar refractivity (Wildman–Crippen MR) is 58.5 cm³/mol. The Hall–Kier alpha value is -2.02. The molecule has 0 aliphatic heterocycles. The SMILES string of the molecule is Nc1[nH]ncc1C(O)c1ccc(C(F)(F)F)cc1. The zero-order valence-electron chi connectivity index (χ0n) is 9.07. The van der Waals surface area contributed by atoms with E-state index in [2.05, 4.69) is 10.2 Å². The molecule has 0 fully saturated rings. The topological polar surface area (TPSA) is 74.9 Å². The third-order valence-electron chi connectivity index (χ3n) is 2.55. The van der Waals surface area contributed by atoms with E-state index in [0.717, 1.165) is 12.1 Å². The van der Waals surface area contributed by atoms with Gasteiger partial charge in [-0.05, 0) is 17.7 Å². The van der Waals surface area contributed by atoms with E-state index >= 15 is 0 Å². The Morgan fingerprint density at radius 3 is 2.28 bits per heavy atom. The maximum Gasteiger partial charge on any atom is 0.416 e. The molecule has 0 radical (unpaired) electrons. The molecule has 4 N–H and O–H groups in total. The molecule has 7 heteroatoms. The Balaban J connectivity index is 2.28. The summed E-state index contributed by atoms with van der Waals surface area (Å²) in [4.78, 5) is 0. The molecule has 1 aromatic heterocycles. The summed E-state index contributed by atoms with van der Waals surface area (Å²) in [7, 11) is 0. The number of halogens is 3. The van der Waals surface area contributed by atoms with Gasteiger partial charge >= 0.3 is 6.18 Å². The number of nitrogens with zero attached hydrogens (tertiary/aromatic N) is 1. The third-order valence-corrected chi connectivity index (χ3v) is 2.55.